The Morgan fingerprint density at radius 1 is 1.00 bits per heavy atom. The van der Waals surface area contributed by atoms with Gasteiger partial charge in [-0.3, -0.25) is 0 Å². The molecule has 0 aromatic heterocycles. The van der Waals surface area contributed by atoms with Crippen molar-refractivity contribution in [1.29, 1.82) is 0 Å². The number of fused-ring (bicyclic) bond motifs is 2. The zero-order valence-corrected chi connectivity index (χ0v) is 20.5. The third-order valence-corrected chi connectivity index (χ3v) is 6.17. The maximum absolute atomic E-state index is 12.8. The molecule has 1 aliphatic carbocycles. The Hall–Kier alpha value is -3.25. The highest BCUT2D eigenvalue weighted by Crippen LogP contribution is 2.35. The van der Waals surface area contributed by atoms with Gasteiger partial charge in [0.15, 0.2) is 0 Å². The van der Waals surface area contributed by atoms with Crippen molar-refractivity contribution in [2.75, 3.05) is 7.11 Å². The molecule has 1 N–H and O–H groups in total. The van der Waals surface area contributed by atoms with Crippen molar-refractivity contribution in [3.05, 3.63) is 70.7 Å². The fraction of sp³-hybridized carbons (Fsp3) is 0.333. The highest BCUT2D eigenvalue weighted by atomic mass is 35.5. The smallest absolute Gasteiger partial charge is 0.408 e. The molecule has 1 atom stereocenters. The first kappa shape index (κ1) is 23.9. The van der Waals surface area contributed by atoms with Gasteiger partial charge in [0.25, 0.3) is 0 Å². The quantitative estimate of drug-likeness (QED) is 0.448. The van der Waals surface area contributed by atoms with Gasteiger partial charge < -0.3 is 19.5 Å². The molecule has 3 aromatic rings. The second-order valence-electron chi connectivity index (χ2n) is 9.53. The van der Waals surface area contributed by atoms with Gasteiger partial charge in [0, 0.05) is 16.8 Å². The van der Waals surface area contributed by atoms with Gasteiger partial charge in [-0.15, -0.1) is 0 Å². The van der Waals surface area contributed by atoms with Crippen LogP contribution in [0.25, 0.3) is 10.8 Å². The largest absolute Gasteiger partial charge is 0.467 e. The van der Waals surface area contributed by atoms with E-state index in [0.717, 1.165) is 21.9 Å². The maximum atomic E-state index is 12.8. The Kier molecular flexibility index (Phi) is 6.45. The molecule has 0 heterocycles. The number of aryl methyl sites for hydroxylation is 1. The standard InChI is InChI=1S/C27H28ClNO5/c1-26(2,3)34-25(31)29-27(24(30)32-4)13-12-17-8-10-20(14-19(17)16-27)33-21-11-9-18-6-5-7-23(28)22(18)15-21/h5-11,14-15H,12-13,16H2,1-4H3,(H,29,31). The van der Waals surface area contributed by atoms with Crippen LogP contribution in [0.15, 0.2) is 54.6 Å². The molecule has 0 aliphatic heterocycles. The van der Waals surface area contributed by atoms with E-state index in [9.17, 15) is 9.59 Å². The van der Waals surface area contributed by atoms with E-state index in [1.54, 1.807) is 20.8 Å². The number of amides is 1. The average molecular weight is 482 g/mol. The molecule has 0 saturated carbocycles. The summed E-state index contributed by atoms with van der Waals surface area (Å²) in [6.07, 6.45) is 0.637. The van der Waals surface area contributed by atoms with Crippen LogP contribution in [0.2, 0.25) is 5.02 Å². The Morgan fingerprint density at radius 2 is 1.74 bits per heavy atom. The SMILES string of the molecule is COC(=O)C1(NC(=O)OC(C)(C)C)CCc2ccc(Oc3ccc4cccc(Cl)c4c3)cc2C1. The Balaban J connectivity index is 1.60. The van der Waals surface area contributed by atoms with Gasteiger partial charge in [0.1, 0.15) is 22.6 Å². The van der Waals surface area contributed by atoms with Gasteiger partial charge in [-0.1, -0.05) is 35.9 Å². The molecule has 4 rings (SSSR count). The van der Waals surface area contributed by atoms with Crippen LogP contribution in [0.5, 0.6) is 11.5 Å². The minimum absolute atomic E-state index is 0.273. The fourth-order valence-corrected chi connectivity index (χ4v) is 4.51. The van der Waals surface area contributed by atoms with E-state index < -0.39 is 23.2 Å². The molecule has 1 aliphatic rings. The lowest BCUT2D eigenvalue weighted by Gasteiger charge is -2.36. The highest BCUT2D eigenvalue weighted by Gasteiger charge is 2.44. The molecule has 7 heteroatoms. The molecule has 1 amide bonds. The molecule has 1 unspecified atom stereocenters. The molecule has 0 saturated heterocycles. The van der Waals surface area contributed by atoms with Gasteiger partial charge in [-0.05, 0) is 80.5 Å². The predicted molar refractivity (Wildman–Crippen MR) is 132 cm³/mol. The van der Waals surface area contributed by atoms with Crippen LogP contribution >= 0.6 is 11.6 Å². The van der Waals surface area contributed by atoms with Crippen LogP contribution in [0, 0.1) is 0 Å². The Labute approximate surface area is 204 Å². The van der Waals surface area contributed by atoms with Crippen LogP contribution in [0.4, 0.5) is 4.79 Å². The lowest BCUT2D eigenvalue weighted by molar-refractivity contribution is -0.149. The van der Waals surface area contributed by atoms with Gasteiger partial charge in [0.05, 0.1) is 7.11 Å². The number of carbonyl (C=O) groups is 2. The predicted octanol–water partition coefficient (Wildman–Crippen LogP) is 6.21. The van der Waals surface area contributed by atoms with E-state index in [2.05, 4.69) is 5.32 Å². The summed E-state index contributed by atoms with van der Waals surface area (Å²) in [7, 11) is 1.32. The minimum Gasteiger partial charge on any atom is -0.467 e. The average Bonchev–Trinajstić information content (AvgIpc) is 2.77. The minimum atomic E-state index is -1.21. The number of esters is 1. The highest BCUT2D eigenvalue weighted by molar-refractivity contribution is 6.35. The first-order chi connectivity index (χ1) is 16.1. The summed E-state index contributed by atoms with van der Waals surface area (Å²) in [6.45, 7) is 5.32. The molecule has 0 spiro atoms. The van der Waals surface area contributed by atoms with Crippen LogP contribution < -0.4 is 10.1 Å². The van der Waals surface area contributed by atoms with Crippen molar-refractivity contribution in [3.63, 3.8) is 0 Å². The van der Waals surface area contributed by atoms with E-state index in [4.69, 9.17) is 25.8 Å². The zero-order valence-electron chi connectivity index (χ0n) is 19.7. The summed E-state index contributed by atoms with van der Waals surface area (Å²) in [5.74, 6) is 0.782. The number of rotatable bonds is 4. The summed E-state index contributed by atoms with van der Waals surface area (Å²) < 4.78 is 16.6. The monoisotopic (exact) mass is 481 g/mol. The van der Waals surface area contributed by atoms with Gasteiger partial charge in [-0.25, -0.2) is 9.59 Å². The van der Waals surface area contributed by atoms with Gasteiger partial charge >= 0.3 is 12.1 Å². The topological polar surface area (TPSA) is 73.9 Å². The fourth-order valence-electron chi connectivity index (χ4n) is 4.28. The third kappa shape index (κ3) is 5.12. The van der Waals surface area contributed by atoms with Crippen molar-refractivity contribution >= 4 is 34.4 Å². The normalized spacial score (nSPS) is 17.6. The number of hydrogen-bond acceptors (Lipinski definition) is 5. The van der Waals surface area contributed by atoms with Crippen LogP contribution in [-0.4, -0.2) is 30.3 Å². The number of halogens is 1. The molecule has 6 nitrogen and oxygen atoms in total. The van der Waals surface area contributed by atoms with Crippen LogP contribution in [0.1, 0.15) is 38.3 Å². The summed E-state index contributed by atoms with van der Waals surface area (Å²) in [5.41, 5.74) is 0.111. The summed E-state index contributed by atoms with van der Waals surface area (Å²) in [4.78, 5) is 25.3. The van der Waals surface area contributed by atoms with Gasteiger partial charge in [0.2, 0.25) is 0 Å². The molecular weight excluding hydrogens is 454 g/mol. The number of alkyl carbamates (subject to hydrolysis) is 1. The maximum Gasteiger partial charge on any atom is 0.408 e. The van der Waals surface area contributed by atoms with Crippen molar-refractivity contribution in [2.24, 2.45) is 0 Å². The molecular formula is C27H28ClNO5. The summed E-state index contributed by atoms with van der Waals surface area (Å²) in [5, 5.41) is 5.38. The number of methoxy groups -OCH3 is 1. The van der Waals surface area contributed by atoms with Crippen LogP contribution in [0.3, 0.4) is 0 Å². The molecule has 0 bridgehead atoms. The number of nitrogens with one attached hydrogen (secondary N) is 1. The van der Waals surface area contributed by atoms with E-state index in [-0.39, 0.29) is 6.42 Å². The second-order valence-corrected chi connectivity index (χ2v) is 9.94. The molecule has 34 heavy (non-hydrogen) atoms. The Bertz CT molecular complexity index is 1250. The van der Waals surface area contributed by atoms with E-state index >= 15 is 0 Å². The van der Waals surface area contributed by atoms with Crippen molar-refractivity contribution in [1.82, 2.24) is 5.32 Å². The third-order valence-electron chi connectivity index (χ3n) is 5.84. The van der Waals surface area contributed by atoms with Gasteiger partial charge in [-0.2, -0.15) is 0 Å². The van der Waals surface area contributed by atoms with Crippen molar-refractivity contribution < 1.29 is 23.8 Å². The van der Waals surface area contributed by atoms with E-state index in [1.165, 1.54) is 7.11 Å². The first-order valence-corrected chi connectivity index (χ1v) is 11.5. The number of hydrogen-bond donors (Lipinski definition) is 1. The van der Waals surface area contributed by atoms with Crippen LogP contribution in [-0.2, 0) is 27.1 Å². The molecule has 0 fully saturated rings. The lowest BCUT2D eigenvalue weighted by atomic mass is 9.78. The van der Waals surface area contributed by atoms with E-state index in [1.807, 2.05) is 54.6 Å². The van der Waals surface area contributed by atoms with E-state index in [0.29, 0.717) is 29.4 Å². The molecule has 178 valence electrons. The number of carbonyl (C=O) groups excluding carboxylic acids is 2. The Morgan fingerprint density at radius 3 is 2.47 bits per heavy atom. The number of benzene rings is 3. The zero-order chi connectivity index (χ0) is 24.5. The summed E-state index contributed by atoms with van der Waals surface area (Å²) >= 11 is 6.34. The first-order valence-electron chi connectivity index (χ1n) is 11.2. The second kappa shape index (κ2) is 9.18. The molecule has 0 radical (unpaired) electrons. The number of ether oxygens (including phenoxy) is 3. The van der Waals surface area contributed by atoms with Crippen molar-refractivity contribution in [2.45, 2.75) is 51.2 Å². The van der Waals surface area contributed by atoms with Crippen molar-refractivity contribution in [3.8, 4) is 11.5 Å². The summed E-state index contributed by atoms with van der Waals surface area (Å²) in [6, 6.07) is 17.3. The molecule has 3 aromatic carbocycles. The lowest BCUT2D eigenvalue weighted by Crippen LogP contribution is -2.59.